The molecule has 7 nitrogen and oxygen atoms in total. The third-order valence-corrected chi connectivity index (χ3v) is 5.49. The molecular weight excluding hydrogens is 419 g/mol. The molecule has 0 aliphatic carbocycles. The van der Waals surface area contributed by atoms with E-state index in [2.05, 4.69) is 15.5 Å². The average Bonchev–Trinajstić information content (AvgIpc) is 3.02. The van der Waals surface area contributed by atoms with Gasteiger partial charge in [0.15, 0.2) is 5.82 Å². The van der Waals surface area contributed by atoms with Crippen LogP contribution in [0.1, 0.15) is 12.5 Å². The number of amides is 1. The van der Waals surface area contributed by atoms with Crippen molar-refractivity contribution >= 4 is 46.6 Å². The second-order valence-corrected chi connectivity index (χ2v) is 7.83. The number of carbonyl (C=O) groups is 1. The van der Waals surface area contributed by atoms with Gasteiger partial charge in [-0.25, -0.2) is 4.68 Å². The van der Waals surface area contributed by atoms with Crippen molar-refractivity contribution in [3.63, 3.8) is 0 Å². The van der Waals surface area contributed by atoms with E-state index >= 15 is 0 Å². The van der Waals surface area contributed by atoms with Crippen LogP contribution in [0, 0.1) is 11.3 Å². The highest BCUT2D eigenvalue weighted by Crippen LogP contribution is 2.29. The molecule has 0 bridgehead atoms. The van der Waals surface area contributed by atoms with Crippen LogP contribution in [0.25, 0.3) is 11.4 Å². The van der Waals surface area contributed by atoms with Crippen LogP contribution in [0.3, 0.4) is 0 Å². The van der Waals surface area contributed by atoms with E-state index in [9.17, 15) is 4.79 Å². The molecule has 3 rings (SSSR count). The predicted octanol–water partition coefficient (Wildman–Crippen LogP) is 3.96. The third-order valence-electron chi connectivity index (χ3n) is 3.79. The molecule has 1 aromatic heterocycles. The Balaban J connectivity index is 1.72. The van der Waals surface area contributed by atoms with Crippen LogP contribution < -0.4 is 11.2 Å². The number of halogens is 2. The highest BCUT2D eigenvalue weighted by Gasteiger charge is 2.21. The highest BCUT2D eigenvalue weighted by molar-refractivity contribution is 8.00. The number of nitrogens with zero attached hydrogens (tertiary/aromatic N) is 4. The summed E-state index contributed by atoms with van der Waals surface area (Å²) < 4.78 is 1.30. The molecule has 10 heteroatoms. The molecule has 142 valence electrons. The largest absolute Gasteiger partial charge is 0.335 e. The topological polar surface area (TPSA) is 110 Å². The number of nitrogens with two attached hydrogens (primary N) is 1. The highest BCUT2D eigenvalue weighted by atomic mass is 35.5. The smallest absolute Gasteiger partial charge is 0.237 e. The summed E-state index contributed by atoms with van der Waals surface area (Å²) in [6.45, 7) is 1.72. The Kier molecular flexibility index (Phi) is 6.09. The van der Waals surface area contributed by atoms with E-state index in [1.54, 1.807) is 37.3 Å². The number of hydrogen-bond acceptors (Lipinski definition) is 6. The molecule has 0 aliphatic heterocycles. The Labute approximate surface area is 175 Å². The zero-order valence-corrected chi connectivity index (χ0v) is 16.9. The number of nitrogens with one attached hydrogen (secondary N) is 1. The van der Waals surface area contributed by atoms with Crippen molar-refractivity contribution in [3.8, 4) is 17.5 Å². The van der Waals surface area contributed by atoms with Gasteiger partial charge in [0.1, 0.15) is 6.07 Å². The standard InChI is InChI=1S/C18H14Cl2N6OS/c1-10(17(27)23-12-7-6-11(9-21)15(20)8-12)28-18-25-24-16(26(18)22)13-4-2-3-5-14(13)19/h2-8,10H,22H2,1H3,(H,23,27)/t10-/m1/s1. The Hall–Kier alpha value is -2.73. The summed E-state index contributed by atoms with van der Waals surface area (Å²) in [5.41, 5.74) is 1.48. The number of anilines is 1. The summed E-state index contributed by atoms with van der Waals surface area (Å²) in [6, 6.07) is 13.8. The fourth-order valence-corrected chi connectivity index (χ4v) is 3.54. The number of aromatic nitrogens is 3. The minimum absolute atomic E-state index is 0.270. The normalized spacial score (nSPS) is 11.6. The summed E-state index contributed by atoms with van der Waals surface area (Å²) in [7, 11) is 0. The number of thioether (sulfide) groups is 1. The van der Waals surface area contributed by atoms with Crippen molar-refractivity contribution < 1.29 is 4.79 Å². The van der Waals surface area contributed by atoms with Crippen LogP contribution in [0.5, 0.6) is 0 Å². The van der Waals surface area contributed by atoms with Gasteiger partial charge in [-0.15, -0.1) is 10.2 Å². The number of hydrogen-bond donors (Lipinski definition) is 2. The van der Waals surface area contributed by atoms with Crippen LogP contribution in [-0.2, 0) is 4.79 Å². The molecule has 0 radical (unpaired) electrons. The predicted molar refractivity (Wildman–Crippen MR) is 111 cm³/mol. The molecule has 0 spiro atoms. The van der Waals surface area contributed by atoms with Crippen LogP contribution in [-0.4, -0.2) is 26.0 Å². The van der Waals surface area contributed by atoms with Crippen molar-refractivity contribution in [2.45, 2.75) is 17.3 Å². The average molecular weight is 433 g/mol. The molecule has 1 heterocycles. The van der Waals surface area contributed by atoms with E-state index < -0.39 is 5.25 Å². The van der Waals surface area contributed by atoms with Gasteiger partial charge in [0.05, 0.1) is 20.9 Å². The molecule has 1 atom stereocenters. The monoisotopic (exact) mass is 432 g/mol. The van der Waals surface area contributed by atoms with E-state index in [-0.39, 0.29) is 10.9 Å². The Morgan fingerprint density at radius 2 is 2.00 bits per heavy atom. The maximum atomic E-state index is 12.5. The molecule has 0 saturated heterocycles. The lowest BCUT2D eigenvalue weighted by atomic mass is 10.2. The molecule has 2 aromatic carbocycles. The van der Waals surface area contributed by atoms with Gasteiger partial charge in [0.25, 0.3) is 0 Å². The van der Waals surface area contributed by atoms with Crippen LogP contribution in [0.4, 0.5) is 5.69 Å². The lowest BCUT2D eigenvalue weighted by Gasteiger charge is -2.12. The van der Waals surface area contributed by atoms with Gasteiger partial charge in [-0.05, 0) is 37.3 Å². The van der Waals surface area contributed by atoms with E-state index in [1.807, 2.05) is 12.1 Å². The van der Waals surface area contributed by atoms with Crippen molar-refractivity contribution in [1.29, 1.82) is 5.26 Å². The van der Waals surface area contributed by atoms with Crippen molar-refractivity contribution in [2.75, 3.05) is 11.2 Å². The number of rotatable bonds is 5. The lowest BCUT2D eigenvalue weighted by Crippen LogP contribution is -2.23. The minimum Gasteiger partial charge on any atom is -0.335 e. The quantitative estimate of drug-likeness (QED) is 0.466. The van der Waals surface area contributed by atoms with Gasteiger partial charge in [-0.1, -0.05) is 47.1 Å². The second-order valence-electron chi connectivity index (χ2n) is 5.71. The maximum absolute atomic E-state index is 12.5. The first-order valence-electron chi connectivity index (χ1n) is 8.03. The fourth-order valence-electron chi connectivity index (χ4n) is 2.32. The summed E-state index contributed by atoms with van der Waals surface area (Å²) in [5.74, 6) is 6.22. The van der Waals surface area contributed by atoms with E-state index in [1.165, 1.54) is 10.7 Å². The Bertz CT molecular complexity index is 1080. The molecule has 28 heavy (non-hydrogen) atoms. The fraction of sp³-hybridized carbons (Fsp3) is 0.111. The number of nitriles is 1. The van der Waals surface area contributed by atoms with Gasteiger partial charge >= 0.3 is 0 Å². The first-order chi connectivity index (χ1) is 13.4. The van der Waals surface area contributed by atoms with Crippen LogP contribution in [0.15, 0.2) is 47.6 Å². The SMILES string of the molecule is C[C@@H](Sc1nnc(-c2ccccc2Cl)n1N)C(=O)Nc1ccc(C#N)c(Cl)c1. The lowest BCUT2D eigenvalue weighted by molar-refractivity contribution is -0.115. The van der Waals surface area contributed by atoms with Crippen LogP contribution in [0.2, 0.25) is 10.0 Å². The summed E-state index contributed by atoms with van der Waals surface area (Å²) in [4.78, 5) is 12.5. The second kappa shape index (κ2) is 8.52. The molecule has 0 aliphatic rings. The molecule has 0 saturated carbocycles. The van der Waals surface area contributed by atoms with Crippen LogP contribution >= 0.6 is 35.0 Å². The summed E-state index contributed by atoms with van der Waals surface area (Å²) >= 11 is 13.3. The van der Waals surface area contributed by atoms with E-state index in [4.69, 9.17) is 34.3 Å². The zero-order valence-electron chi connectivity index (χ0n) is 14.6. The Morgan fingerprint density at radius 3 is 2.68 bits per heavy atom. The van der Waals surface area contributed by atoms with Gasteiger partial charge < -0.3 is 11.2 Å². The first-order valence-corrected chi connectivity index (χ1v) is 9.67. The van der Waals surface area contributed by atoms with Gasteiger partial charge in [-0.2, -0.15) is 5.26 Å². The Morgan fingerprint density at radius 1 is 1.25 bits per heavy atom. The van der Waals surface area contributed by atoms with Crippen molar-refractivity contribution in [3.05, 3.63) is 58.1 Å². The minimum atomic E-state index is -0.514. The van der Waals surface area contributed by atoms with Gasteiger partial charge in [-0.3, -0.25) is 4.79 Å². The summed E-state index contributed by atoms with van der Waals surface area (Å²) in [6.07, 6.45) is 0. The van der Waals surface area contributed by atoms with E-state index in [0.717, 1.165) is 11.8 Å². The zero-order chi connectivity index (χ0) is 20.3. The summed E-state index contributed by atoms with van der Waals surface area (Å²) in [5, 5.41) is 20.4. The van der Waals surface area contributed by atoms with E-state index in [0.29, 0.717) is 32.8 Å². The number of benzene rings is 2. The molecule has 0 unspecified atom stereocenters. The van der Waals surface area contributed by atoms with Gasteiger partial charge in [0.2, 0.25) is 11.1 Å². The van der Waals surface area contributed by atoms with Gasteiger partial charge in [0, 0.05) is 11.3 Å². The molecule has 0 fully saturated rings. The first kappa shape index (κ1) is 20.0. The molecule has 3 N–H and O–H groups in total. The van der Waals surface area contributed by atoms with Crippen molar-refractivity contribution in [2.24, 2.45) is 0 Å². The van der Waals surface area contributed by atoms with Crippen molar-refractivity contribution in [1.82, 2.24) is 14.9 Å². The molecule has 1 amide bonds. The third kappa shape index (κ3) is 4.22. The molecular formula is C18H14Cl2N6OS. The maximum Gasteiger partial charge on any atom is 0.237 e. The number of nitrogen functional groups attached to an aromatic ring is 1. The molecule has 3 aromatic rings. The number of carbonyl (C=O) groups excluding carboxylic acids is 1.